The van der Waals surface area contributed by atoms with Crippen molar-refractivity contribution in [2.75, 3.05) is 7.11 Å². The fraction of sp³-hybridized carbons (Fsp3) is 0.769. The van der Waals surface area contributed by atoms with E-state index in [4.69, 9.17) is 0 Å². The molecule has 0 aromatic heterocycles. The first-order valence-corrected chi connectivity index (χ1v) is 6.22. The minimum absolute atomic E-state index is 0.000696. The van der Waals surface area contributed by atoms with Crippen LogP contribution in [-0.2, 0) is 19.1 Å². The molecule has 17 heavy (non-hydrogen) atoms. The fourth-order valence-electron chi connectivity index (χ4n) is 2.51. The number of ether oxygens (including phenoxy) is 1. The van der Waals surface area contributed by atoms with Gasteiger partial charge in [-0.2, -0.15) is 0 Å². The Hall–Kier alpha value is -1.19. The van der Waals surface area contributed by atoms with E-state index >= 15 is 0 Å². The van der Waals surface area contributed by atoms with Gasteiger partial charge in [0, 0.05) is 25.2 Å². The molecule has 0 aliphatic heterocycles. The number of esters is 1. The van der Waals surface area contributed by atoms with Gasteiger partial charge in [0.1, 0.15) is 12.1 Å². The Bertz CT molecular complexity index is 285. The number of rotatable bonds is 7. The molecule has 0 amide bonds. The third kappa shape index (κ3) is 4.29. The van der Waals surface area contributed by atoms with E-state index in [-0.39, 0.29) is 23.6 Å². The molecule has 0 heterocycles. The van der Waals surface area contributed by atoms with Gasteiger partial charge < -0.3 is 9.53 Å². The highest BCUT2D eigenvalue weighted by Gasteiger charge is 2.35. The number of Topliss-reactive ketones (excluding diaryl/α,β-unsaturated/α-hetero) is 1. The van der Waals surface area contributed by atoms with Gasteiger partial charge in [-0.1, -0.05) is 6.42 Å². The number of ketones is 1. The Balaban J connectivity index is 2.39. The van der Waals surface area contributed by atoms with E-state index in [9.17, 15) is 14.4 Å². The van der Waals surface area contributed by atoms with Gasteiger partial charge in [0.05, 0.1) is 7.11 Å². The van der Waals surface area contributed by atoms with Crippen molar-refractivity contribution < 1.29 is 19.1 Å². The van der Waals surface area contributed by atoms with Crippen LogP contribution in [0.2, 0.25) is 0 Å². The molecule has 0 aromatic rings. The van der Waals surface area contributed by atoms with Crippen LogP contribution in [0.15, 0.2) is 0 Å². The first-order chi connectivity index (χ1) is 8.19. The molecule has 0 N–H and O–H groups in total. The largest absolute Gasteiger partial charge is 0.469 e. The van der Waals surface area contributed by atoms with Gasteiger partial charge in [0.25, 0.3) is 0 Å². The summed E-state index contributed by atoms with van der Waals surface area (Å²) in [7, 11) is 1.37. The fourth-order valence-corrected chi connectivity index (χ4v) is 2.51. The van der Waals surface area contributed by atoms with Gasteiger partial charge in [-0.05, 0) is 25.2 Å². The second kappa shape index (κ2) is 7.20. The van der Waals surface area contributed by atoms with Crippen LogP contribution >= 0.6 is 0 Å². The number of unbranched alkanes of at least 4 members (excludes halogenated alkanes) is 2. The van der Waals surface area contributed by atoms with Crippen molar-refractivity contribution in [1.29, 1.82) is 0 Å². The number of aldehydes is 1. The van der Waals surface area contributed by atoms with Crippen LogP contribution in [0, 0.1) is 11.8 Å². The number of carbonyl (C=O) groups excluding carboxylic acids is 3. The zero-order valence-electron chi connectivity index (χ0n) is 10.3. The molecule has 0 aromatic carbocycles. The van der Waals surface area contributed by atoms with Crippen LogP contribution in [0.3, 0.4) is 0 Å². The quantitative estimate of drug-likeness (QED) is 0.387. The molecular weight excluding hydrogens is 220 g/mol. The van der Waals surface area contributed by atoms with E-state index in [1.807, 2.05) is 0 Å². The Morgan fingerprint density at radius 3 is 2.88 bits per heavy atom. The summed E-state index contributed by atoms with van der Waals surface area (Å²) >= 11 is 0. The van der Waals surface area contributed by atoms with Crippen LogP contribution in [0.1, 0.15) is 44.9 Å². The minimum atomic E-state index is -0.234. The topological polar surface area (TPSA) is 60.4 Å². The standard InChI is InChI=1S/C13H20O4/c1-17-13(16)9-10-6-7-12(15)11(10)5-3-2-4-8-14/h8,10-11H,2-7,9H2,1H3. The lowest BCUT2D eigenvalue weighted by Gasteiger charge is -2.16. The average Bonchev–Trinajstić information content (AvgIpc) is 2.66. The van der Waals surface area contributed by atoms with E-state index in [1.165, 1.54) is 7.11 Å². The van der Waals surface area contributed by atoms with E-state index in [0.717, 1.165) is 32.0 Å². The van der Waals surface area contributed by atoms with Crippen molar-refractivity contribution in [3.05, 3.63) is 0 Å². The maximum Gasteiger partial charge on any atom is 0.305 e. The summed E-state index contributed by atoms with van der Waals surface area (Å²) in [6, 6.07) is 0. The van der Waals surface area contributed by atoms with Crippen molar-refractivity contribution in [3.63, 3.8) is 0 Å². The smallest absolute Gasteiger partial charge is 0.305 e. The van der Waals surface area contributed by atoms with E-state index in [0.29, 0.717) is 19.3 Å². The molecule has 4 nitrogen and oxygen atoms in total. The number of methoxy groups -OCH3 is 1. The maximum absolute atomic E-state index is 11.7. The molecule has 96 valence electrons. The Kier molecular flexibility index (Phi) is 5.87. The molecule has 0 bridgehead atoms. The normalized spacial score (nSPS) is 23.7. The molecule has 1 aliphatic carbocycles. The third-order valence-corrected chi connectivity index (χ3v) is 3.49. The lowest BCUT2D eigenvalue weighted by atomic mass is 9.88. The van der Waals surface area contributed by atoms with Crippen LogP contribution in [0.4, 0.5) is 0 Å². The third-order valence-electron chi connectivity index (χ3n) is 3.49. The summed E-state index contributed by atoms with van der Waals surface area (Å²) in [6.07, 6.45) is 5.71. The lowest BCUT2D eigenvalue weighted by molar-refractivity contribution is -0.142. The first kappa shape index (κ1) is 13.9. The molecular formula is C13H20O4. The van der Waals surface area contributed by atoms with Crippen molar-refractivity contribution >= 4 is 18.0 Å². The van der Waals surface area contributed by atoms with E-state index < -0.39 is 0 Å². The van der Waals surface area contributed by atoms with E-state index in [1.54, 1.807) is 0 Å². The predicted molar refractivity (Wildman–Crippen MR) is 62.4 cm³/mol. The second-order valence-electron chi connectivity index (χ2n) is 4.60. The highest BCUT2D eigenvalue weighted by molar-refractivity contribution is 5.84. The van der Waals surface area contributed by atoms with E-state index in [2.05, 4.69) is 4.74 Å². The Labute approximate surface area is 102 Å². The van der Waals surface area contributed by atoms with Crippen molar-refractivity contribution in [2.24, 2.45) is 11.8 Å². The van der Waals surface area contributed by atoms with Crippen molar-refractivity contribution in [1.82, 2.24) is 0 Å². The molecule has 1 fully saturated rings. The molecule has 2 atom stereocenters. The molecule has 1 rings (SSSR count). The summed E-state index contributed by atoms with van der Waals surface area (Å²) in [6.45, 7) is 0. The molecule has 0 radical (unpaired) electrons. The Morgan fingerprint density at radius 2 is 2.24 bits per heavy atom. The van der Waals surface area contributed by atoms with Gasteiger partial charge in [0.15, 0.2) is 0 Å². The van der Waals surface area contributed by atoms with Gasteiger partial charge in [-0.15, -0.1) is 0 Å². The number of hydrogen-bond acceptors (Lipinski definition) is 4. The summed E-state index contributed by atoms with van der Waals surface area (Å²) in [5, 5.41) is 0. The predicted octanol–water partition coefficient (Wildman–Crippen LogP) is 1.90. The van der Waals surface area contributed by atoms with Gasteiger partial charge in [-0.3, -0.25) is 9.59 Å². The van der Waals surface area contributed by atoms with Gasteiger partial charge in [-0.25, -0.2) is 0 Å². The molecule has 0 saturated heterocycles. The SMILES string of the molecule is COC(=O)CC1CCC(=O)C1CCCCC=O. The van der Waals surface area contributed by atoms with Crippen LogP contribution in [0.25, 0.3) is 0 Å². The molecule has 0 spiro atoms. The Morgan fingerprint density at radius 1 is 1.47 bits per heavy atom. The number of hydrogen-bond donors (Lipinski definition) is 0. The van der Waals surface area contributed by atoms with Gasteiger partial charge >= 0.3 is 5.97 Å². The van der Waals surface area contributed by atoms with Crippen LogP contribution in [0.5, 0.6) is 0 Å². The number of carbonyl (C=O) groups is 3. The zero-order valence-corrected chi connectivity index (χ0v) is 10.3. The van der Waals surface area contributed by atoms with Gasteiger partial charge in [0.2, 0.25) is 0 Å². The van der Waals surface area contributed by atoms with Crippen molar-refractivity contribution in [3.8, 4) is 0 Å². The average molecular weight is 240 g/mol. The molecule has 4 heteroatoms. The lowest BCUT2D eigenvalue weighted by Crippen LogP contribution is -2.18. The first-order valence-electron chi connectivity index (χ1n) is 6.22. The monoisotopic (exact) mass is 240 g/mol. The van der Waals surface area contributed by atoms with Crippen LogP contribution < -0.4 is 0 Å². The molecule has 2 unspecified atom stereocenters. The second-order valence-corrected chi connectivity index (χ2v) is 4.60. The van der Waals surface area contributed by atoms with Crippen molar-refractivity contribution in [2.45, 2.75) is 44.9 Å². The highest BCUT2D eigenvalue weighted by atomic mass is 16.5. The summed E-state index contributed by atoms with van der Waals surface area (Å²) in [4.78, 5) is 33.1. The molecule has 1 saturated carbocycles. The molecule has 1 aliphatic rings. The zero-order chi connectivity index (χ0) is 12.7. The van der Waals surface area contributed by atoms with Crippen LogP contribution in [-0.4, -0.2) is 25.1 Å². The minimum Gasteiger partial charge on any atom is -0.469 e. The summed E-state index contributed by atoms with van der Waals surface area (Å²) in [5.41, 5.74) is 0. The summed E-state index contributed by atoms with van der Waals surface area (Å²) < 4.78 is 4.64. The summed E-state index contributed by atoms with van der Waals surface area (Å²) in [5.74, 6) is 0.180. The highest BCUT2D eigenvalue weighted by Crippen LogP contribution is 2.35. The maximum atomic E-state index is 11.7.